The van der Waals surface area contributed by atoms with Crippen LogP contribution in [0.5, 0.6) is 5.75 Å². The van der Waals surface area contributed by atoms with E-state index in [1.165, 1.54) is 0 Å². The second kappa shape index (κ2) is 4.79. The number of nitrogens with zero attached hydrogens (tertiary/aromatic N) is 3. The number of anilines is 2. The van der Waals surface area contributed by atoms with Gasteiger partial charge in [-0.15, -0.1) is 10.2 Å². The number of nitrogens with one attached hydrogen (secondary N) is 1. The molecule has 1 aromatic carbocycles. The minimum atomic E-state index is -0.135. The summed E-state index contributed by atoms with van der Waals surface area (Å²) in [6.07, 6.45) is 0. The van der Waals surface area contributed by atoms with Crippen LogP contribution in [0.1, 0.15) is 11.4 Å². The highest BCUT2D eigenvalue weighted by Crippen LogP contribution is 2.36. The number of fused-ring (bicyclic) bond motifs is 1. The quantitative estimate of drug-likeness (QED) is 0.711. The van der Waals surface area contributed by atoms with Gasteiger partial charge < -0.3 is 10.4 Å². The van der Waals surface area contributed by atoms with Gasteiger partial charge in [0.05, 0.1) is 15.7 Å². The Bertz CT molecular complexity index is 881. The molecule has 21 heavy (non-hydrogen) atoms. The lowest BCUT2D eigenvalue weighted by molar-refractivity contribution is 0.476. The molecule has 0 atom stereocenters. The molecule has 0 radical (unpaired) electrons. The molecular weight excluding hydrogens is 311 g/mol. The van der Waals surface area contributed by atoms with Crippen molar-refractivity contribution in [1.82, 2.24) is 14.6 Å². The van der Waals surface area contributed by atoms with Gasteiger partial charge in [-0.1, -0.05) is 29.8 Å². The average molecular weight is 323 g/mol. The van der Waals surface area contributed by atoms with E-state index in [0.717, 1.165) is 22.4 Å². The summed E-state index contributed by atoms with van der Waals surface area (Å²) in [7, 11) is 0. The minimum Gasteiger partial charge on any atom is -0.505 e. The fraction of sp³-hybridized carbons (Fsp3) is 0.143. The Hall–Kier alpha value is -1.98. The molecule has 0 spiro atoms. The Morgan fingerprint density at radius 1 is 1.19 bits per heavy atom. The Kier molecular flexibility index (Phi) is 3.19. The Morgan fingerprint density at radius 2 is 1.81 bits per heavy atom. The molecule has 108 valence electrons. The first-order valence-corrected chi connectivity index (χ1v) is 6.93. The zero-order chi connectivity index (χ0) is 15.3. The predicted molar refractivity (Wildman–Crippen MR) is 84.6 cm³/mol. The van der Waals surface area contributed by atoms with Crippen LogP contribution in [0.25, 0.3) is 12.2 Å². The minimum absolute atomic E-state index is 0.135. The van der Waals surface area contributed by atoms with Crippen molar-refractivity contribution >= 4 is 46.8 Å². The number of aryl methyl sites for hydroxylation is 1. The molecule has 0 aliphatic heterocycles. The van der Waals surface area contributed by atoms with Gasteiger partial charge in [0, 0.05) is 11.0 Å². The maximum atomic E-state index is 9.60. The normalized spacial score (nSPS) is 11.2. The molecule has 3 aromatic rings. The largest absolute Gasteiger partial charge is 0.505 e. The summed E-state index contributed by atoms with van der Waals surface area (Å²) in [5, 5.41) is 22.2. The molecule has 2 aromatic heterocycles. The number of aromatic hydroxyl groups is 1. The predicted octanol–water partition coefficient (Wildman–Crippen LogP) is 3.23. The molecule has 0 amide bonds. The summed E-state index contributed by atoms with van der Waals surface area (Å²) in [4.78, 5) is 0. The number of halogens is 2. The van der Waals surface area contributed by atoms with E-state index in [0.29, 0.717) is 11.3 Å². The van der Waals surface area contributed by atoms with Crippen molar-refractivity contribution in [3.8, 4) is 5.75 Å². The third-order valence-electron chi connectivity index (χ3n) is 3.41. The highest BCUT2D eigenvalue weighted by molar-refractivity contribution is 6.37. The second-order valence-electron chi connectivity index (χ2n) is 4.77. The third kappa shape index (κ3) is 2.09. The van der Waals surface area contributed by atoms with E-state index in [9.17, 15) is 5.11 Å². The average Bonchev–Trinajstić information content (AvgIpc) is 2.91. The first kappa shape index (κ1) is 14.0. The van der Waals surface area contributed by atoms with E-state index in [-0.39, 0.29) is 15.8 Å². The van der Waals surface area contributed by atoms with Crippen molar-refractivity contribution in [2.45, 2.75) is 13.8 Å². The lowest BCUT2D eigenvalue weighted by atomic mass is 10.2. The molecule has 0 bridgehead atoms. The number of benzene rings is 1. The van der Waals surface area contributed by atoms with Crippen LogP contribution in [0.3, 0.4) is 0 Å². The summed E-state index contributed by atoms with van der Waals surface area (Å²) in [6.45, 7) is 7.86. The molecule has 0 unspecified atom stereocenters. The van der Waals surface area contributed by atoms with Crippen LogP contribution in [0.4, 0.5) is 11.4 Å². The van der Waals surface area contributed by atoms with Crippen LogP contribution in [-0.4, -0.2) is 19.7 Å². The zero-order valence-electron chi connectivity index (χ0n) is 11.4. The summed E-state index contributed by atoms with van der Waals surface area (Å²) >= 11 is 11.9. The van der Waals surface area contributed by atoms with Crippen LogP contribution in [0, 0.1) is 13.8 Å². The Balaban J connectivity index is 2.15. The van der Waals surface area contributed by atoms with Crippen LogP contribution in [-0.2, 0) is 0 Å². The first-order valence-electron chi connectivity index (χ1n) is 6.18. The standard InChI is InChI=1S/C14H12Cl2N4O/c1-6-7(2)20-8(3)18-19-14(20)12(6)17-9-4-10(15)13(21)11(16)5-9/h4-5,17,21H,2H2,1,3H3. The lowest BCUT2D eigenvalue weighted by Crippen LogP contribution is -2.09. The van der Waals surface area contributed by atoms with Gasteiger partial charge in [0.15, 0.2) is 11.4 Å². The number of hydrogen-bond donors (Lipinski definition) is 2. The van der Waals surface area contributed by atoms with E-state index in [1.54, 1.807) is 12.1 Å². The van der Waals surface area contributed by atoms with E-state index in [1.807, 2.05) is 18.2 Å². The van der Waals surface area contributed by atoms with E-state index >= 15 is 0 Å². The van der Waals surface area contributed by atoms with Crippen molar-refractivity contribution in [3.05, 3.63) is 38.9 Å². The fourth-order valence-electron chi connectivity index (χ4n) is 2.26. The van der Waals surface area contributed by atoms with Gasteiger partial charge in [-0.25, -0.2) is 0 Å². The van der Waals surface area contributed by atoms with E-state index < -0.39 is 0 Å². The van der Waals surface area contributed by atoms with Crippen LogP contribution in [0.15, 0.2) is 12.1 Å². The van der Waals surface area contributed by atoms with Crippen molar-refractivity contribution < 1.29 is 5.11 Å². The summed E-state index contributed by atoms with van der Waals surface area (Å²) in [5.74, 6) is 0.636. The molecule has 0 saturated carbocycles. The van der Waals surface area contributed by atoms with E-state index in [4.69, 9.17) is 23.2 Å². The lowest BCUT2D eigenvalue weighted by Gasteiger charge is -2.08. The Morgan fingerprint density at radius 3 is 2.43 bits per heavy atom. The molecule has 0 saturated heterocycles. The second-order valence-corrected chi connectivity index (χ2v) is 5.58. The van der Waals surface area contributed by atoms with Crippen molar-refractivity contribution in [3.63, 3.8) is 0 Å². The highest BCUT2D eigenvalue weighted by atomic mass is 35.5. The van der Waals surface area contributed by atoms with Gasteiger partial charge in [-0.3, -0.25) is 4.40 Å². The smallest absolute Gasteiger partial charge is 0.185 e. The van der Waals surface area contributed by atoms with Crippen LogP contribution >= 0.6 is 23.2 Å². The summed E-state index contributed by atoms with van der Waals surface area (Å²) < 4.78 is 1.88. The van der Waals surface area contributed by atoms with Crippen LogP contribution in [0.2, 0.25) is 10.0 Å². The molecule has 2 N–H and O–H groups in total. The summed E-state index contributed by atoms with van der Waals surface area (Å²) in [5.41, 5.74) is 3.09. The molecule has 0 fully saturated rings. The molecule has 0 aliphatic rings. The maximum Gasteiger partial charge on any atom is 0.185 e. The molecule has 2 heterocycles. The maximum absolute atomic E-state index is 9.60. The number of phenolic OH excluding ortho intramolecular Hbond substituents is 1. The fourth-order valence-corrected chi connectivity index (χ4v) is 2.75. The summed E-state index contributed by atoms with van der Waals surface area (Å²) in [6, 6.07) is 3.19. The highest BCUT2D eigenvalue weighted by Gasteiger charge is 2.16. The molecule has 0 aliphatic carbocycles. The van der Waals surface area contributed by atoms with E-state index in [2.05, 4.69) is 22.1 Å². The van der Waals surface area contributed by atoms with Gasteiger partial charge in [0.25, 0.3) is 0 Å². The van der Waals surface area contributed by atoms with Crippen molar-refractivity contribution in [1.29, 1.82) is 0 Å². The van der Waals surface area contributed by atoms with Gasteiger partial charge in [0.1, 0.15) is 5.82 Å². The third-order valence-corrected chi connectivity index (χ3v) is 3.99. The zero-order valence-corrected chi connectivity index (χ0v) is 12.9. The molecule has 7 heteroatoms. The van der Waals surface area contributed by atoms with Gasteiger partial charge >= 0.3 is 0 Å². The molecular formula is C14H12Cl2N4O. The number of phenols is 1. The SMILES string of the molecule is C=c1c(C)c(Nc2cc(Cl)c(O)c(Cl)c2)c2nnc(C)n12. The van der Waals surface area contributed by atoms with Gasteiger partial charge in [0.2, 0.25) is 0 Å². The van der Waals surface area contributed by atoms with Gasteiger partial charge in [-0.2, -0.15) is 0 Å². The number of rotatable bonds is 2. The topological polar surface area (TPSA) is 62.5 Å². The Labute approximate surface area is 130 Å². The van der Waals surface area contributed by atoms with Crippen molar-refractivity contribution in [2.24, 2.45) is 0 Å². The molecule has 5 nitrogen and oxygen atoms in total. The monoisotopic (exact) mass is 322 g/mol. The number of hydrogen-bond acceptors (Lipinski definition) is 4. The number of aromatic nitrogens is 3. The van der Waals surface area contributed by atoms with Crippen molar-refractivity contribution in [2.75, 3.05) is 5.32 Å². The first-order chi connectivity index (χ1) is 9.90. The van der Waals surface area contributed by atoms with Gasteiger partial charge in [-0.05, 0) is 31.5 Å². The molecule has 3 rings (SSSR count). The van der Waals surface area contributed by atoms with Crippen LogP contribution < -0.4 is 10.7 Å².